The topological polar surface area (TPSA) is 39.7 Å². The van der Waals surface area contributed by atoms with E-state index in [1.54, 1.807) is 14.2 Å². The normalized spacial score (nSPS) is 14.4. The van der Waals surface area contributed by atoms with Gasteiger partial charge in [0.1, 0.15) is 0 Å². The van der Waals surface area contributed by atoms with Crippen LogP contribution < -0.4 is 5.09 Å². The number of hydrogen-bond acceptors (Lipinski definition) is 4. The Morgan fingerprint density at radius 3 is 2.50 bits per heavy atom. The first kappa shape index (κ1) is 15.5. The van der Waals surface area contributed by atoms with E-state index in [9.17, 15) is 0 Å². The van der Waals surface area contributed by atoms with Crippen molar-refractivity contribution in [2.45, 2.75) is 26.0 Å². The highest BCUT2D eigenvalue weighted by Crippen LogP contribution is 2.32. The Labute approximate surface area is 111 Å². The lowest BCUT2D eigenvalue weighted by molar-refractivity contribution is 0.0542. The molecule has 1 aromatic carbocycles. The fourth-order valence-corrected chi connectivity index (χ4v) is 2.36. The first-order valence-electron chi connectivity index (χ1n) is 6.07. The summed E-state index contributed by atoms with van der Waals surface area (Å²) in [6, 6.07) is 10.2. The van der Waals surface area contributed by atoms with Crippen LogP contribution in [0, 0.1) is 0 Å². The Balaban J connectivity index is 2.29. The molecule has 0 aliphatic carbocycles. The van der Waals surface area contributed by atoms with Crippen LogP contribution in [-0.4, -0.2) is 26.9 Å². The van der Waals surface area contributed by atoms with Gasteiger partial charge in [-0.25, -0.2) is 5.09 Å². The van der Waals surface area contributed by atoms with Gasteiger partial charge in [0.25, 0.3) is 8.53 Å². The summed E-state index contributed by atoms with van der Waals surface area (Å²) in [5, 5.41) is 3.25. The Kier molecular flexibility index (Phi) is 8.14. The molecule has 2 unspecified atom stereocenters. The Hall–Kier alpha value is -0.510. The molecule has 0 aliphatic rings. The molecule has 0 heterocycles. The van der Waals surface area contributed by atoms with Crippen LogP contribution in [0.4, 0.5) is 0 Å². The maximum Gasteiger partial charge on any atom is 0.255 e. The monoisotopic (exact) mass is 271 g/mol. The van der Waals surface area contributed by atoms with Gasteiger partial charge in [-0.15, -0.1) is 0 Å². The second-order valence-electron chi connectivity index (χ2n) is 3.82. The van der Waals surface area contributed by atoms with Crippen molar-refractivity contribution in [3.63, 3.8) is 0 Å². The van der Waals surface area contributed by atoms with Gasteiger partial charge >= 0.3 is 0 Å². The molecule has 0 saturated heterocycles. The average Bonchev–Trinajstić information content (AvgIpc) is 2.44. The predicted molar refractivity (Wildman–Crippen MR) is 74.3 cm³/mol. The molecule has 1 N–H and O–H groups in total. The predicted octanol–water partition coefficient (Wildman–Crippen LogP) is 3.09. The lowest BCUT2D eigenvalue weighted by Gasteiger charge is -2.19. The minimum atomic E-state index is -1.06. The largest absolute Gasteiger partial charge is 0.379 e. The zero-order valence-corrected chi connectivity index (χ0v) is 12.2. The molecule has 102 valence electrons. The Morgan fingerprint density at radius 1 is 1.22 bits per heavy atom. The Bertz CT molecular complexity index is 306. The molecule has 1 aromatic rings. The molecule has 0 bridgehead atoms. The number of methoxy groups -OCH3 is 1. The van der Waals surface area contributed by atoms with E-state index in [-0.39, 0.29) is 6.10 Å². The molecule has 4 nitrogen and oxygen atoms in total. The lowest BCUT2D eigenvalue weighted by atomic mass is 10.2. The van der Waals surface area contributed by atoms with Gasteiger partial charge in [-0.2, -0.15) is 0 Å². The molecule has 0 fully saturated rings. The third-order valence-corrected chi connectivity index (χ3v) is 3.72. The second-order valence-corrected chi connectivity index (χ2v) is 5.28. The smallest absolute Gasteiger partial charge is 0.255 e. The van der Waals surface area contributed by atoms with Crippen LogP contribution in [0.2, 0.25) is 0 Å². The standard InChI is InChI=1S/C13H22NO3P/c1-4-13(15-2)11-17-18(16-3)14-10-12-8-6-5-7-9-12/h5-9,13-14H,4,10-11H2,1-3H3. The van der Waals surface area contributed by atoms with E-state index >= 15 is 0 Å². The molecule has 5 heteroatoms. The fourth-order valence-electron chi connectivity index (χ4n) is 1.42. The molecule has 0 aliphatic heterocycles. The summed E-state index contributed by atoms with van der Waals surface area (Å²) in [6.45, 7) is 3.36. The van der Waals surface area contributed by atoms with E-state index in [2.05, 4.69) is 24.1 Å². The number of ether oxygens (including phenoxy) is 1. The molecule has 0 aromatic heterocycles. The number of benzene rings is 1. The maximum atomic E-state index is 5.66. The van der Waals surface area contributed by atoms with E-state index in [0.29, 0.717) is 6.61 Å². The van der Waals surface area contributed by atoms with E-state index < -0.39 is 8.53 Å². The number of rotatable bonds is 9. The number of nitrogens with one attached hydrogen (secondary N) is 1. The van der Waals surface area contributed by atoms with Crippen molar-refractivity contribution in [1.82, 2.24) is 5.09 Å². The van der Waals surface area contributed by atoms with Gasteiger partial charge < -0.3 is 13.8 Å². The van der Waals surface area contributed by atoms with Gasteiger partial charge in [-0.1, -0.05) is 37.3 Å². The van der Waals surface area contributed by atoms with Crippen LogP contribution in [0.3, 0.4) is 0 Å². The molecule has 2 atom stereocenters. The van der Waals surface area contributed by atoms with Crippen LogP contribution in [0.5, 0.6) is 0 Å². The molecule has 0 radical (unpaired) electrons. The van der Waals surface area contributed by atoms with Gasteiger partial charge in [0.15, 0.2) is 0 Å². The molecule has 0 amide bonds. The highest BCUT2D eigenvalue weighted by atomic mass is 31.2. The van der Waals surface area contributed by atoms with Crippen LogP contribution in [0.15, 0.2) is 30.3 Å². The summed E-state index contributed by atoms with van der Waals surface area (Å²) in [4.78, 5) is 0. The van der Waals surface area contributed by atoms with Crippen molar-refractivity contribution in [1.29, 1.82) is 0 Å². The molecule has 0 saturated carbocycles. The third kappa shape index (κ3) is 5.89. The SMILES string of the molecule is CCC(COP(NCc1ccccc1)OC)OC. The minimum absolute atomic E-state index is 0.128. The van der Waals surface area contributed by atoms with Crippen molar-refractivity contribution >= 4 is 8.53 Å². The summed E-state index contributed by atoms with van der Waals surface area (Å²) in [6.07, 6.45) is 1.06. The first-order chi connectivity index (χ1) is 8.80. The summed E-state index contributed by atoms with van der Waals surface area (Å²) < 4.78 is 16.2. The van der Waals surface area contributed by atoms with E-state index in [1.165, 1.54) is 5.56 Å². The lowest BCUT2D eigenvalue weighted by Crippen LogP contribution is -2.18. The van der Waals surface area contributed by atoms with Gasteiger partial charge in [0.2, 0.25) is 0 Å². The second kappa shape index (κ2) is 9.42. The zero-order chi connectivity index (χ0) is 13.2. The van der Waals surface area contributed by atoms with Gasteiger partial charge in [0, 0.05) is 20.8 Å². The van der Waals surface area contributed by atoms with Crippen LogP contribution in [-0.2, 0) is 20.3 Å². The van der Waals surface area contributed by atoms with Crippen LogP contribution in [0.25, 0.3) is 0 Å². The van der Waals surface area contributed by atoms with Crippen molar-refractivity contribution in [3.8, 4) is 0 Å². The number of hydrogen-bond donors (Lipinski definition) is 1. The van der Waals surface area contributed by atoms with Gasteiger partial charge in [-0.3, -0.25) is 0 Å². The molecule has 1 rings (SSSR count). The van der Waals surface area contributed by atoms with Crippen LogP contribution in [0.1, 0.15) is 18.9 Å². The van der Waals surface area contributed by atoms with E-state index in [1.807, 2.05) is 18.2 Å². The van der Waals surface area contributed by atoms with E-state index in [4.69, 9.17) is 13.8 Å². The van der Waals surface area contributed by atoms with Gasteiger partial charge in [-0.05, 0) is 12.0 Å². The minimum Gasteiger partial charge on any atom is -0.379 e. The summed E-state index contributed by atoms with van der Waals surface area (Å²) in [5.74, 6) is 0. The fraction of sp³-hybridized carbons (Fsp3) is 0.538. The van der Waals surface area contributed by atoms with E-state index in [0.717, 1.165) is 13.0 Å². The Morgan fingerprint density at radius 2 is 1.94 bits per heavy atom. The summed E-state index contributed by atoms with van der Waals surface area (Å²) in [5.41, 5.74) is 1.21. The summed E-state index contributed by atoms with van der Waals surface area (Å²) in [7, 11) is 2.29. The maximum absolute atomic E-state index is 5.66. The highest BCUT2D eigenvalue weighted by molar-refractivity contribution is 7.44. The molecule has 18 heavy (non-hydrogen) atoms. The molecular weight excluding hydrogens is 249 g/mol. The first-order valence-corrected chi connectivity index (χ1v) is 7.25. The van der Waals surface area contributed by atoms with Crippen molar-refractivity contribution in [2.75, 3.05) is 20.8 Å². The highest BCUT2D eigenvalue weighted by Gasteiger charge is 2.12. The van der Waals surface area contributed by atoms with Crippen molar-refractivity contribution in [3.05, 3.63) is 35.9 Å². The van der Waals surface area contributed by atoms with Crippen molar-refractivity contribution < 1.29 is 13.8 Å². The molecule has 0 spiro atoms. The van der Waals surface area contributed by atoms with Gasteiger partial charge in [0.05, 0.1) is 12.7 Å². The molecular formula is C13H22NO3P. The third-order valence-electron chi connectivity index (χ3n) is 2.59. The summed E-state index contributed by atoms with van der Waals surface area (Å²) >= 11 is 0. The zero-order valence-electron chi connectivity index (χ0n) is 11.3. The average molecular weight is 271 g/mol. The van der Waals surface area contributed by atoms with Crippen molar-refractivity contribution in [2.24, 2.45) is 0 Å². The van der Waals surface area contributed by atoms with Crippen LogP contribution >= 0.6 is 8.53 Å². The quantitative estimate of drug-likeness (QED) is 0.701.